The lowest BCUT2D eigenvalue weighted by Crippen LogP contribution is -2.35. The first-order valence-electron chi connectivity index (χ1n) is 6.59. The zero-order valence-corrected chi connectivity index (χ0v) is 10.9. The smallest absolute Gasteiger partial charge is 0.321 e. The van der Waals surface area contributed by atoms with Gasteiger partial charge in [-0.3, -0.25) is 0 Å². The van der Waals surface area contributed by atoms with Gasteiger partial charge in [-0.25, -0.2) is 4.79 Å². The number of anilines is 2. The molecule has 2 rings (SSSR count). The van der Waals surface area contributed by atoms with Crippen molar-refractivity contribution in [3.63, 3.8) is 0 Å². The summed E-state index contributed by atoms with van der Waals surface area (Å²) in [6.07, 6.45) is 4.63. The monoisotopic (exact) mass is 247 g/mol. The van der Waals surface area contributed by atoms with E-state index in [4.69, 9.17) is 5.73 Å². The Hall–Kier alpha value is -1.71. The van der Waals surface area contributed by atoms with Gasteiger partial charge in [0.25, 0.3) is 0 Å². The summed E-state index contributed by atoms with van der Waals surface area (Å²) < 4.78 is 0. The number of carbonyl (C=O) groups excluding carboxylic acids is 1. The van der Waals surface area contributed by atoms with Crippen LogP contribution in [-0.2, 0) is 0 Å². The predicted molar refractivity (Wildman–Crippen MR) is 74.7 cm³/mol. The third-order valence-corrected chi connectivity index (χ3v) is 3.34. The number of nitrogens with one attached hydrogen (secondary N) is 1. The first-order valence-corrected chi connectivity index (χ1v) is 6.59. The summed E-state index contributed by atoms with van der Waals surface area (Å²) in [7, 11) is 0. The summed E-state index contributed by atoms with van der Waals surface area (Å²) in [5.41, 5.74) is 8.28. The molecule has 1 heterocycles. The van der Waals surface area contributed by atoms with Gasteiger partial charge in [-0.05, 0) is 37.5 Å². The number of likely N-dealkylation sites (tertiary alicyclic amines) is 1. The third-order valence-electron chi connectivity index (χ3n) is 3.34. The molecule has 1 fully saturated rings. The highest BCUT2D eigenvalue weighted by atomic mass is 16.2. The molecule has 1 aliphatic heterocycles. The van der Waals surface area contributed by atoms with Crippen molar-refractivity contribution >= 4 is 17.4 Å². The van der Waals surface area contributed by atoms with Crippen molar-refractivity contribution in [1.82, 2.24) is 4.90 Å². The maximum absolute atomic E-state index is 12.1. The Morgan fingerprint density at radius 2 is 1.89 bits per heavy atom. The van der Waals surface area contributed by atoms with Crippen molar-refractivity contribution in [2.24, 2.45) is 0 Å². The molecule has 0 radical (unpaired) electrons. The summed E-state index contributed by atoms with van der Waals surface area (Å²) in [6, 6.07) is 5.64. The van der Waals surface area contributed by atoms with Gasteiger partial charge in [0.1, 0.15) is 0 Å². The van der Waals surface area contributed by atoms with E-state index in [-0.39, 0.29) is 6.03 Å². The van der Waals surface area contributed by atoms with Gasteiger partial charge in [0.2, 0.25) is 0 Å². The quantitative estimate of drug-likeness (QED) is 0.749. The fourth-order valence-electron chi connectivity index (χ4n) is 2.25. The molecular weight excluding hydrogens is 226 g/mol. The van der Waals surface area contributed by atoms with E-state index >= 15 is 0 Å². The second kappa shape index (κ2) is 5.76. The average molecular weight is 247 g/mol. The minimum atomic E-state index is -0.0331. The van der Waals surface area contributed by atoms with Crippen molar-refractivity contribution < 1.29 is 4.79 Å². The normalized spacial score (nSPS) is 16.2. The number of hydrogen-bond donors (Lipinski definition) is 2. The molecule has 4 heteroatoms. The molecule has 2 amide bonds. The Morgan fingerprint density at radius 1 is 1.22 bits per heavy atom. The van der Waals surface area contributed by atoms with Crippen LogP contribution in [0.2, 0.25) is 0 Å². The minimum absolute atomic E-state index is 0.0331. The van der Waals surface area contributed by atoms with E-state index in [1.165, 1.54) is 12.8 Å². The van der Waals surface area contributed by atoms with Gasteiger partial charge in [0.15, 0.2) is 0 Å². The van der Waals surface area contributed by atoms with Crippen LogP contribution in [0.3, 0.4) is 0 Å². The van der Waals surface area contributed by atoms with Gasteiger partial charge in [0, 0.05) is 13.1 Å². The molecule has 1 aromatic rings. The van der Waals surface area contributed by atoms with Crippen molar-refractivity contribution in [2.75, 3.05) is 24.1 Å². The molecule has 0 atom stereocenters. The minimum Gasteiger partial charge on any atom is -0.397 e. The Balaban J connectivity index is 2.03. The van der Waals surface area contributed by atoms with Crippen LogP contribution >= 0.6 is 0 Å². The summed E-state index contributed by atoms with van der Waals surface area (Å²) in [5, 5.41) is 2.91. The number of aryl methyl sites for hydroxylation is 1. The molecule has 1 aliphatic rings. The number of benzene rings is 1. The fourth-order valence-corrected chi connectivity index (χ4v) is 2.25. The standard InChI is InChI=1S/C14H21N3O/c1-11-6-7-12(15)13(10-11)16-14(18)17-8-4-2-3-5-9-17/h6-7,10H,2-5,8-9,15H2,1H3,(H,16,18). The Morgan fingerprint density at radius 3 is 2.56 bits per heavy atom. The van der Waals surface area contributed by atoms with Crippen LogP contribution in [0.15, 0.2) is 18.2 Å². The van der Waals surface area contributed by atoms with Gasteiger partial charge in [-0.15, -0.1) is 0 Å². The van der Waals surface area contributed by atoms with E-state index in [0.717, 1.165) is 31.5 Å². The Kier molecular flexibility index (Phi) is 4.07. The number of nitrogen functional groups attached to an aromatic ring is 1. The second-order valence-electron chi connectivity index (χ2n) is 4.92. The summed E-state index contributed by atoms with van der Waals surface area (Å²) in [6.45, 7) is 3.68. The van der Waals surface area contributed by atoms with Crippen molar-refractivity contribution in [2.45, 2.75) is 32.6 Å². The molecule has 1 aromatic carbocycles. The largest absolute Gasteiger partial charge is 0.397 e. The highest BCUT2D eigenvalue weighted by Gasteiger charge is 2.16. The molecule has 0 aliphatic carbocycles. The van der Waals surface area contributed by atoms with Crippen LogP contribution in [0.25, 0.3) is 0 Å². The zero-order chi connectivity index (χ0) is 13.0. The number of carbonyl (C=O) groups is 1. The Labute approximate surface area is 108 Å². The number of nitrogens with zero attached hydrogens (tertiary/aromatic N) is 1. The summed E-state index contributed by atoms with van der Waals surface area (Å²) >= 11 is 0. The highest BCUT2D eigenvalue weighted by Crippen LogP contribution is 2.20. The van der Waals surface area contributed by atoms with Gasteiger partial charge in [0.05, 0.1) is 11.4 Å². The highest BCUT2D eigenvalue weighted by molar-refractivity contribution is 5.92. The maximum atomic E-state index is 12.1. The van der Waals surface area contributed by atoms with Gasteiger partial charge in [-0.1, -0.05) is 18.9 Å². The molecule has 1 saturated heterocycles. The molecule has 18 heavy (non-hydrogen) atoms. The lowest BCUT2D eigenvalue weighted by molar-refractivity contribution is 0.214. The van der Waals surface area contributed by atoms with Crippen LogP contribution in [0.1, 0.15) is 31.2 Å². The second-order valence-corrected chi connectivity index (χ2v) is 4.92. The molecule has 98 valence electrons. The molecule has 3 N–H and O–H groups in total. The van der Waals surface area contributed by atoms with Crippen LogP contribution < -0.4 is 11.1 Å². The molecular formula is C14H21N3O. The SMILES string of the molecule is Cc1ccc(N)c(NC(=O)N2CCCCCC2)c1. The first-order chi connectivity index (χ1) is 8.66. The van der Waals surface area contributed by atoms with E-state index in [1.54, 1.807) is 0 Å². The molecule has 0 aromatic heterocycles. The number of hydrogen-bond acceptors (Lipinski definition) is 2. The van der Waals surface area contributed by atoms with Crippen LogP contribution in [0.4, 0.5) is 16.2 Å². The van der Waals surface area contributed by atoms with Crippen molar-refractivity contribution in [3.05, 3.63) is 23.8 Å². The van der Waals surface area contributed by atoms with Gasteiger partial charge >= 0.3 is 6.03 Å². The predicted octanol–water partition coefficient (Wildman–Crippen LogP) is 2.99. The molecule has 0 spiro atoms. The average Bonchev–Trinajstić information content (AvgIpc) is 2.62. The van der Waals surface area contributed by atoms with Gasteiger partial charge in [-0.2, -0.15) is 0 Å². The molecule has 0 unspecified atom stereocenters. The van der Waals surface area contributed by atoms with E-state index < -0.39 is 0 Å². The van der Waals surface area contributed by atoms with Gasteiger partial charge < -0.3 is 16.0 Å². The van der Waals surface area contributed by atoms with Crippen LogP contribution in [0.5, 0.6) is 0 Å². The van der Waals surface area contributed by atoms with E-state index in [9.17, 15) is 4.79 Å². The topological polar surface area (TPSA) is 58.4 Å². The molecule has 0 saturated carbocycles. The zero-order valence-electron chi connectivity index (χ0n) is 10.9. The maximum Gasteiger partial charge on any atom is 0.321 e. The first kappa shape index (κ1) is 12.7. The molecule has 0 bridgehead atoms. The van der Waals surface area contributed by atoms with Crippen molar-refractivity contribution in [1.29, 1.82) is 0 Å². The van der Waals surface area contributed by atoms with Crippen molar-refractivity contribution in [3.8, 4) is 0 Å². The fraction of sp³-hybridized carbons (Fsp3) is 0.500. The van der Waals surface area contributed by atoms with Crippen LogP contribution in [0, 0.1) is 6.92 Å². The lowest BCUT2D eigenvalue weighted by atomic mass is 10.2. The third kappa shape index (κ3) is 3.15. The number of amides is 2. The van der Waals surface area contributed by atoms with Crippen LogP contribution in [-0.4, -0.2) is 24.0 Å². The lowest BCUT2D eigenvalue weighted by Gasteiger charge is -2.21. The summed E-state index contributed by atoms with van der Waals surface area (Å²) in [5.74, 6) is 0. The van der Waals surface area contributed by atoms with E-state index in [0.29, 0.717) is 11.4 Å². The molecule has 4 nitrogen and oxygen atoms in total. The number of urea groups is 1. The van der Waals surface area contributed by atoms with E-state index in [2.05, 4.69) is 5.32 Å². The number of nitrogens with two attached hydrogens (primary N) is 1. The number of rotatable bonds is 1. The van der Waals surface area contributed by atoms with E-state index in [1.807, 2.05) is 30.0 Å². The Bertz CT molecular complexity index is 423. The summed E-state index contributed by atoms with van der Waals surface area (Å²) in [4.78, 5) is 14.0.